The molecule has 1 aromatic carbocycles. The molecular weight excluding hydrogens is 180 g/mol. The Morgan fingerprint density at radius 1 is 1.15 bits per heavy atom. The van der Waals surface area contributed by atoms with Gasteiger partial charge < -0.3 is 15.1 Å². The summed E-state index contributed by atoms with van der Waals surface area (Å²) in [5.74, 6) is 0. The van der Waals surface area contributed by atoms with Crippen molar-refractivity contribution in [1.82, 2.24) is 0 Å². The van der Waals surface area contributed by atoms with E-state index < -0.39 is 7.32 Å². The van der Waals surface area contributed by atoms with Gasteiger partial charge in [-0.15, -0.1) is 0 Å². The van der Waals surface area contributed by atoms with Crippen LogP contribution in [0, 0.1) is 0 Å². The fourth-order valence-electron chi connectivity index (χ4n) is 0.724. The second-order valence-corrected chi connectivity index (χ2v) is 3.69. The second-order valence-electron chi connectivity index (χ2n) is 2.54. The molecule has 0 atom stereocenters. The summed E-state index contributed by atoms with van der Waals surface area (Å²) in [6.07, 6.45) is 0. The second kappa shape index (κ2) is 7.52. The molecule has 1 aromatic rings. The predicted molar refractivity (Wildman–Crippen MR) is 52.1 cm³/mol. The Kier molecular flexibility index (Phi) is 7.59. The summed E-state index contributed by atoms with van der Waals surface area (Å²) in [5, 5.41) is 21.5. The number of hydrogen-bond donors (Lipinski definition) is 4. The zero-order valence-corrected chi connectivity index (χ0v) is 9.51. The molecular formula is C7H11BNNaO3. The van der Waals surface area contributed by atoms with Crippen LogP contribution in [0.15, 0.2) is 24.3 Å². The molecule has 4 nitrogen and oxygen atoms in total. The van der Waals surface area contributed by atoms with Gasteiger partial charge in [-0.3, -0.25) is 0 Å². The van der Waals surface area contributed by atoms with Gasteiger partial charge in [0, 0.05) is 0 Å². The van der Waals surface area contributed by atoms with Crippen LogP contribution in [0.1, 0.15) is 5.56 Å². The minimum atomic E-state index is -2.17. The largest absolute Gasteiger partial charge is 0.631 e. The molecule has 0 aliphatic heterocycles. The van der Waals surface area contributed by atoms with Crippen LogP contribution in [0.5, 0.6) is 0 Å². The molecule has 0 unspecified atom stereocenters. The molecule has 13 heavy (non-hydrogen) atoms. The molecule has 0 fully saturated rings. The van der Waals surface area contributed by atoms with E-state index in [0.717, 1.165) is 27.9 Å². The molecule has 0 saturated carbocycles. The van der Waals surface area contributed by atoms with E-state index >= 15 is 0 Å². The molecule has 0 bridgehead atoms. The van der Waals surface area contributed by atoms with Crippen molar-refractivity contribution in [2.45, 2.75) is 6.54 Å². The Balaban J connectivity index is 0.000000310. The Hall–Kier alpha value is 0.125. The summed E-state index contributed by atoms with van der Waals surface area (Å²) in [5.41, 5.74) is 6.63. The van der Waals surface area contributed by atoms with E-state index in [-0.39, 0.29) is 0 Å². The molecule has 5 N–H and O–H groups in total. The average Bonchev–Trinajstić information content (AvgIpc) is 2.05. The van der Waals surface area contributed by atoms with E-state index in [1.165, 1.54) is 8.38 Å². The van der Waals surface area contributed by atoms with Crippen LogP contribution < -0.4 is 8.55 Å². The predicted octanol–water partition coefficient (Wildman–Crippen LogP) is -2.11. The van der Waals surface area contributed by atoms with Gasteiger partial charge in [0.25, 0.3) is 0 Å². The van der Waals surface area contributed by atoms with Crippen LogP contribution in [0.4, 0.5) is 0 Å². The summed E-state index contributed by atoms with van der Waals surface area (Å²) in [6, 6.07) is 8.44. The molecule has 0 aliphatic carbocycles. The maximum atomic E-state index is 7.17. The first-order valence-electron chi connectivity index (χ1n) is 3.86. The normalized spacial score (nSPS) is 8.77. The Labute approximate surface area is 95.0 Å². The summed E-state index contributed by atoms with van der Waals surface area (Å²) < 4.78 is 1.42. The topological polar surface area (TPSA) is 86.7 Å². The van der Waals surface area contributed by atoms with Gasteiger partial charge in [-0.05, 0) is 0 Å². The fourth-order valence-corrected chi connectivity index (χ4v) is 1.06. The van der Waals surface area contributed by atoms with E-state index in [2.05, 4.69) is 24.3 Å². The summed E-state index contributed by atoms with van der Waals surface area (Å²) >= 11 is 1.13. The van der Waals surface area contributed by atoms with Gasteiger partial charge in [0.1, 0.15) is 0 Å². The third kappa shape index (κ3) is 8.45. The van der Waals surface area contributed by atoms with Crippen molar-refractivity contribution >= 4 is 38.1 Å². The van der Waals surface area contributed by atoms with Gasteiger partial charge in [-0.25, -0.2) is 0 Å². The quantitative estimate of drug-likeness (QED) is 0.382. The van der Waals surface area contributed by atoms with Crippen molar-refractivity contribution in [2.75, 3.05) is 0 Å². The molecule has 1 rings (SSSR count). The first-order chi connectivity index (χ1) is 6.06. The number of nitrogens with two attached hydrogens (primary N) is 1. The minimum absolute atomic E-state index is 0.655. The fraction of sp³-hybridized carbons (Fsp3) is 0.143. The molecule has 0 spiro atoms. The van der Waals surface area contributed by atoms with Crippen LogP contribution in [-0.2, 0) is 6.54 Å². The average molecular weight is 191 g/mol. The summed E-state index contributed by atoms with van der Waals surface area (Å²) in [7, 11) is -2.17. The van der Waals surface area contributed by atoms with E-state index in [1.807, 2.05) is 0 Å². The van der Waals surface area contributed by atoms with Crippen LogP contribution in [0.2, 0.25) is 0 Å². The summed E-state index contributed by atoms with van der Waals surface area (Å²) in [6.45, 7) is 0.655. The Morgan fingerprint density at radius 3 is 1.85 bits per heavy atom. The summed E-state index contributed by atoms with van der Waals surface area (Å²) in [4.78, 5) is 0. The molecule has 0 aliphatic rings. The molecule has 0 heterocycles. The zero-order chi connectivity index (χ0) is 10.3. The van der Waals surface area contributed by atoms with Crippen LogP contribution in [-0.4, -0.2) is 50.3 Å². The first-order valence-corrected chi connectivity index (χ1v) is 4.86. The first kappa shape index (κ1) is 13.1. The van der Waals surface area contributed by atoms with Crippen molar-refractivity contribution in [3.63, 3.8) is 0 Å². The van der Waals surface area contributed by atoms with Crippen molar-refractivity contribution < 1.29 is 15.1 Å². The smallest absolute Gasteiger partial charge is 0.402 e. The maximum Gasteiger partial charge on any atom is 0.631 e. The van der Waals surface area contributed by atoms with E-state index in [0.29, 0.717) is 6.54 Å². The molecule has 0 saturated heterocycles. The van der Waals surface area contributed by atoms with E-state index in [4.69, 9.17) is 20.8 Å². The SMILES string of the molecule is NCc1cc[c]([Na])cc1.OB(O)O. The van der Waals surface area contributed by atoms with Crippen molar-refractivity contribution in [3.05, 3.63) is 29.8 Å². The third-order valence-electron chi connectivity index (χ3n) is 1.36. The van der Waals surface area contributed by atoms with Crippen molar-refractivity contribution in [1.29, 1.82) is 0 Å². The van der Waals surface area contributed by atoms with Gasteiger partial charge in [0.15, 0.2) is 0 Å². The third-order valence-corrected chi connectivity index (χ3v) is 2.02. The van der Waals surface area contributed by atoms with Gasteiger partial charge >= 0.3 is 80.2 Å². The van der Waals surface area contributed by atoms with Gasteiger partial charge in [0.05, 0.1) is 0 Å². The van der Waals surface area contributed by atoms with Gasteiger partial charge in [-0.2, -0.15) is 0 Å². The van der Waals surface area contributed by atoms with Crippen LogP contribution in [0.25, 0.3) is 0 Å². The van der Waals surface area contributed by atoms with Crippen molar-refractivity contribution in [3.8, 4) is 0 Å². The number of benzene rings is 1. The van der Waals surface area contributed by atoms with Gasteiger partial charge in [0.2, 0.25) is 0 Å². The Bertz CT molecular complexity index is 227. The monoisotopic (exact) mass is 191 g/mol. The standard InChI is InChI=1S/C7H8N.BH3O3.Na/c8-6-7-4-2-1-3-5-7;2-1(3)4;/h2-5H,6,8H2;2-4H;. The van der Waals surface area contributed by atoms with E-state index in [1.54, 1.807) is 0 Å². The molecule has 0 amide bonds. The van der Waals surface area contributed by atoms with Crippen LogP contribution >= 0.6 is 0 Å². The maximum absolute atomic E-state index is 7.17. The molecule has 66 valence electrons. The van der Waals surface area contributed by atoms with Crippen molar-refractivity contribution in [2.24, 2.45) is 5.73 Å². The Morgan fingerprint density at radius 2 is 1.54 bits per heavy atom. The van der Waals surface area contributed by atoms with Gasteiger partial charge in [-0.1, -0.05) is 0 Å². The number of rotatable bonds is 1. The van der Waals surface area contributed by atoms with E-state index in [9.17, 15) is 0 Å². The minimum Gasteiger partial charge on any atom is -0.402 e. The number of hydrogen-bond acceptors (Lipinski definition) is 4. The van der Waals surface area contributed by atoms with Crippen LogP contribution in [0.3, 0.4) is 0 Å². The molecule has 6 heteroatoms. The zero-order valence-electron chi connectivity index (χ0n) is 7.51. The molecule has 0 radical (unpaired) electrons. The molecule has 0 aromatic heterocycles.